The van der Waals surface area contributed by atoms with E-state index in [0.717, 1.165) is 11.8 Å². The first-order valence-corrected chi connectivity index (χ1v) is 14.4. The molecule has 0 rings (SSSR count). The van der Waals surface area contributed by atoms with Gasteiger partial charge in [-0.15, -0.1) is 0 Å². The Bertz CT molecular complexity index is 327. The van der Waals surface area contributed by atoms with Gasteiger partial charge in [0.25, 0.3) is 0 Å². The first kappa shape index (κ1) is 29.7. The molecule has 0 aliphatic carbocycles. The first-order chi connectivity index (χ1) is 14.7. The Morgan fingerprint density at radius 1 is 0.467 bits per heavy atom. The SMILES string of the molecule is CCCCC=CCCCCCCC(CCCCCCCCCCCCC)CC(C)C. The molecule has 0 amide bonds. The number of hydrogen-bond donors (Lipinski definition) is 0. The Kier molecular flexibility index (Phi) is 24.8. The molecule has 180 valence electrons. The second kappa shape index (κ2) is 25.0. The summed E-state index contributed by atoms with van der Waals surface area (Å²) in [4.78, 5) is 0. The summed E-state index contributed by atoms with van der Waals surface area (Å²) in [6, 6.07) is 0. The van der Waals surface area contributed by atoms with E-state index in [2.05, 4.69) is 39.8 Å². The van der Waals surface area contributed by atoms with Crippen LogP contribution in [0.15, 0.2) is 12.2 Å². The second-order valence-electron chi connectivity index (χ2n) is 10.4. The molecule has 0 aromatic heterocycles. The highest BCUT2D eigenvalue weighted by molar-refractivity contribution is 4.81. The fraction of sp³-hybridized carbons (Fsp3) is 0.933. The van der Waals surface area contributed by atoms with Crippen molar-refractivity contribution < 1.29 is 0 Å². The summed E-state index contributed by atoms with van der Waals surface area (Å²) in [6.07, 6.45) is 36.4. The highest BCUT2D eigenvalue weighted by atomic mass is 14.2. The Morgan fingerprint density at radius 3 is 1.33 bits per heavy atom. The molecule has 0 heterocycles. The van der Waals surface area contributed by atoms with Crippen molar-refractivity contribution in [1.82, 2.24) is 0 Å². The summed E-state index contributed by atoms with van der Waals surface area (Å²) in [5.74, 6) is 1.87. The van der Waals surface area contributed by atoms with Crippen LogP contribution in [0.5, 0.6) is 0 Å². The molecule has 0 nitrogen and oxygen atoms in total. The minimum Gasteiger partial charge on any atom is -0.0885 e. The van der Waals surface area contributed by atoms with Crippen molar-refractivity contribution in [2.75, 3.05) is 0 Å². The van der Waals surface area contributed by atoms with Gasteiger partial charge in [-0.2, -0.15) is 0 Å². The van der Waals surface area contributed by atoms with Gasteiger partial charge in [0, 0.05) is 0 Å². The smallest absolute Gasteiger partial charge is 0.0351 e. The van der Waals surface area contributed by atoms with Gasteiger partial charge in [0.1, 0.15) is 0 Å². The monoisotopic (exact) mass is 420 g/mol. The van der Waals surface area contributed by atoms with Crippen LogP contribution in [0.4, 0.5) is 0 Å². The van der Waals surface area contributed by atoms with E-state index >= 15 is 0 Å². The minimum atomic E-state index is 0.871. The Balaban J connectivity index is 3.59. The van der Waals surface area contributed by atoms with Crippen LogP contribution in [0, 0.1) is 11.8 Å². The van der Waals surface area contributed by atoms with E-state index in [4.69, 9.17) is 0 Å². The molecule has 0 saturated heterocycles. The zero-order valence-corrected chi connectivity index (χ0v) is 21.9. The van der Waals surface area contributed by atoms with Crippen molar-refractivity contribution in [3.8, 4) is 0 Å². The summed E-state index contributed by atoms with van der Waals surface area (Å²) in [6.45, 7) is 9.41. The van der Waals surface area contributed by atoms with Crippen LogP contribution in [0.3, 0.4) is 0 Å². The molecule has 0 bridgehead atoms. The highest BCUT2D eigenvalue weighted by Gasteiger charge is 2.10. The van der Waals surface area contributed by atoms with Gasteiger partial charge in [-0.3, -0.25) is 0 Å². The summed E-state index contributed by atoms with van der Waals surface area (Å²) < 4.78 is 0. The lowest BCUT2D eigenvalue weighted by Crippen LogP contribution is -2.05. The average molecular weight is 421 g/mol. The van der Waals surface area contributed by atoms with Gasteiger partial charge in [0.05, 0.1) is 0 Å². The van der Waals surface area contributed by atoms with Gasteiger partial charge in [-0.25, -0.2) is 0 Å². The molecule has 0 aliphatic rings. The predicted octanol–water partition coefficient (Wildman–Crippen LogP) is 11.4. The predicted molar refractivity (Wildman–Crippen MR) is 140 cm³/mol. The van der Waals surface area contributed by atoms with Crippen molar-refractivity contribution in [3.63, 3.8) is 0 Å². The summed E-state index contributed by atoms with van der Waals surface area (Å²) >= 11 is 0. The fourth-order valence-corrected chi connectivity index (χ4v) is 4.75. The van der Waals surface area contributed by atoms with Crippen molar-refractivity contribution in [1.29, 1.82) is 0 Å². The number of unbranched alkanes of at least 4 members (excludes halogenated alkanes) is 16. The zero-order valence-electron chi connectivity index (χ0n) is 21.9. The number of allylic oxidation sites excluding steroid dienone is 2. The molecule has 1 atom stereocenters. The molecular formula is C30H60. The third-order valence-electron chi connectivity index (χ3n) is 6.64. The fourth-order valence-electron chi connectivity index (χ4n) is 4.75. The topological polar surface area (TPSA) is 0 Å². The molecular weight excluding hydrogens is 360 g/mol. The van der Waals surface area contributed by atoms with E-state index < -0.39 is 0 Å². The summed E-state index contributed by atoms with van der Waals surface area (Å²) in [5, 5.41) is 0. The van der Waals surface area contributed by atoms with Crippen LogP contribution < -0.4 is 0 Å². The van der Waals surface area contributed by atoms with Gasteiger partial charge < -0.3 is 0 Å². The number of rotatable bonds is 24. The van der Waals surface area contributed by atoms with Crippen LogP contribution in [0.25, 0.3) is 0 Å². The minimum absolute atomic E-state index is 0.871. The van der Waals surface area contributed by atoms with E-state index in [-0.39, 0.29) is 0 Å². The summed E-state index contributed by atoms with van der Waals surface area (Å²) in [7, 11) is 0. The maximum absolute atomic E-state index is 2.42. The van der Waals surface area contributed by atoms with Crippen molar-refractivity contribution in [2.24, 2.45) is 11.8 Å². The van der Waals surface area contributed by atoms with Crippen molar-refractivity contribution >= 4 is 0 Å². The van der Waals surface area contributed by atoms with Crippen LogP contribution in [0.2, 0.25) is 0 Å². The van der Waals surface area contributed by atoms with Gasteiger partial charge in [-0.1, -0.05) is 155 Å². The Hall–Kier alpha value is -0.260. The quantitative estimate of drug-likeness (QED) is 0.107. The van der Waals surface area contributed by atoms with Crippen LogP contribution in [0.1, 0.15) is 169 Å². The van der Waals surface area contributed by atoms with Gasteiger partial charge in [0.2, 0.25) is 0 Å². The number of hydrogen-bond acceptors (Lipinski definition) is 0. The molecule has 0 aliphatic heterocycles. The van der Waals surface area contributed by atoms with Crippen LogP contribution in [-0.4, -0.2) is 0 Å². The second-order valence-corrected chi connectivity index (χ2v) is 10.4. The third kappa shape index (κ3) is 24.0. The molecule has 1 unspecified atom stereocenters. The largest absolute Gasteiger partial charge is 0.0885 e. The third-order valence-corrected chi connectivity index (χ3v) is 6.64. The van der Waals surface area contributed by atoms with Crippen molar-refractivity contribution in [2.45, 2.75) is 169 Å². The molecule has 0 heteroatoms. The van der Waals surface area contributed by atoms with E-state index in [0.29, 0.717) is 0 Å². The average Bonchev–Trinajstić information content (AvgIpc) is 2.72. The Labute approximate surface area is 193 Å². The molecule has 0 aromatic carbocycles. The normalized spacial score (nSPS) is 13.0. The zero-order chi connectivity index (χ0) is 22.1. The van der Waals surface area contributed by atoms with Gasteiger partial charge in [-0.05, 0) is 37.5 Å². The molecule has 0 saturated carbocycles. The maximum Gasteiger partial charge on any atom is -0.0351 e. The lowest BCUT2D eigenvalue weighted by atomic mass is 9.87. The molecule has 30 heavy (non-hydrogen) atoms. The molecule has 0 spiro atoms. The standard InChI is InChI=1S/C30H60/c1-5-7-9-11-13-15-17-19-21-23-25-27-30(28-29(3)4)26-24-22-20-18-16-14-12-10-8-6-2/h12,14,29-30H,5-11,13,15-28H2,1-4H3. The Morgan fingerprint density at radius 2 is 0.867 bits per heavy atom. The molecule has 0 fully saturated rings. The molecule has 0 radical (unpaired) electrons. The highest BCUT2D eigenvalue weighted by Crippen LogP contribution is 2.25. The van der Waals surface area contributed by atoms with Gasteiger partial charge >= 0.3 is 0 Å². The van der Waals surface area contributed by atoms with E-state index in [9.17, 15) is 0 Å². The van der Waals surface area contributed by atoms with Crippen LogP contribution >= 0.6 is 0 Å². The first-order valence-electron chi connectivity index (χ1n) is 14.4. The maximum atomic E-state index is 2.42. The van der Waals surface area contributed by atoms with E-state index in [1.807, 2.05) is 0 Å². The summed E-state index contributed by atoms with van der Waals surface area (Å²) in [5.41, 5.74) is 0. The van der Waals surface area contributed by atoms with E-state index in [1.165, 1.54) is 141 Å². The van der Waals surface area contributed by atoms with Crippen LogP contribution in [-0.2, 0) is 0 Å². The lowest BCUT2D eigenvalue weighted by Gasteiger charge is -2.19. The van der Waals surface area contributed by atoms with E-state index in [1.54, 1.807) is 0 Å². The van der Waals surface area contributed by atoms with Crippen molar-refractivity contribution in [3.05, 3.63) is 12.2 Å². The lowest BCUT2D eigenvalue weighted by molar-refractivity contribution is 0.339. The molecule has 0 N–H and O–H groups in total. The van der Waals surface area contributed by atoms with Gasteiger partial charge in [0.15, 0.2) is 0 Å². The molecule has 0 aromatic rings.